The van der Waals surface area contributed by atoms with E-state index in [9.17, 15) is 14.4 Å². The fourth-order valence-electron chi connectivity index (χ4n) is 3.30. The van der Waals surface area contributed by atoms with E-state index in [-0.39, 0.29) is 12.0 Å². The van der Waals surface area contributed by atoms with Gasteiger partial charge in [-0.3, -0.25) is 19.5 Å². The largest absolute Gasteiger partial charge is 0.363 e. The van der Waals surface area contributed by atoms with Crippen LogP contribution in [0.25, 0.3) is 21.3 Å². The van der Waals surface area contributed by atoms with Gasteiger partial charge in [-0.15, -0.1) is 11.3 Å². The highest BCUT2D eigenvalue weighted by atomic mass is 32.1. The van der Waals surface area contributed by atoms with Gasteiger partial charge in [-0.2, -0.15) is 5.10 Å². The lowest BCUT2D eigenvalue weighted by molar-refractivity contribution is -0.137. The molecule has 0 aliphatic rings. The van der Waals surface area contributed by atoms with Crippen molar-refractivity contribution in [2.75, 3.05) is 0 Å². The van der Waals surface area contributed by atoms with Crippen LogP contribution in [0.1, 0.15) is 15.9 Å². The summed E-state index contributed by atoms with van der Waals surface area (Å²) in [6.07, 6.45) is 1.56. The van der Waals surface area contributed by atoms with Crippen molar-refractivity contribution in [3.8, 4) is 11.3 Å². The molecule has 2 aromatic carbocycles. The summed E-state index contributed by atoms with van der Waals surface area (Å²) in [5, 5.41) is 12.5. The zero-order valence-corrected chi connectivity index (χ0v) is 16.6. The number of nitrogens with one attached hydrogen (secondary N) is 2. The monoisotopic (exact) mass is 418 g/mol. The van der Waals surface area contributed by atoms with Crippen molar-refractivity contribution in [2.45, 2.75) is 12.5 Å². The molecule has 4 rings (SSSR count). The van der Waals surface area contributed by atoms with Gasteiger partial charge in [0, 0.05) is 27.5 Å². The van der Waals surface area contributed by atoms with Crippen molar-refractivity contribution >= 4 is 39.0 Å². The lowest BCUT2D eigenvalue weighted by Gasteiger charge is -2.16. The highest BCUT2D eigenvalue weighted by Crippen LogP contribution is 2.34. The Balaban J connectivity index is 1.63. The third kappa shape index (κ3) is 3.85. The van der Waals surface area contributed by atoms with E-state index in [1.54, 1.807) is 11.3 Å². The lowest BCUT2D eigenvalue weighted by Crippen LogP contribution is -2.47. The summed E-state index contributed by atoms with van der Waals surface area (Å²) in [5.41, 5.74) is 7.68. The average Bonchev–Trinajstić information content (AvgIpc) is 3.40. The number of nitrogens with zero attached hydrogens (tertiary/aromatic N) is 1. The number of amides is 2. The van der Waals surface area contributed by atoms with Crippen LogP contribution in [0, 0.1) is 0 Å². The molecule has 2 heterocycles. The molecule has 0 aliphatic heterocycles. The van der Waals surface area contributed by atoms with Crippen LogP contribution in [0.2, 0.25) is 0 Å². The van der Waals surface area contributed by atoms with Crippen molar-refractivity contribution in [3.63, 3.8) is 0 Å². The van der Waals surface area contributed by atoms with Crippen LogP contribution in [0.5, 0.6) is 0 Å². The summed E-state index contributed by atoms with van der Waals surface area (Å²) in [4.78, 5) is 36.8. The van der Waals surface area contributed by atoms with Gasteiger partial charge in [0.25, 0.3) is 11.8 Å². The Bertz CT molecular complexity index is 1230. The summed E-state index contributed by atoms with van der Waals surface area (Å²) in [6.45, 7) is 0. The Labute approximate surface area is 175 Å². The van der Waals surface area contributed by atoms with Gasteiger partial charge in [0.2, 0.25) is 5.78 Å². The van der Waals surface area contributed by atoms with Crippen LogP contribution in [-0.4, -0.2) is 33.8 Å². The minimum atomic E-state index is -1.09. The van der Waals surface area contributed by atoms with E-state index >= 15 is 0 Å². The van der Waals surface area contributed by atoms with Crippen LogP contribution < -0.4 is 11.1 Å². The minimum Gasteiger partial charge on any atom is -0.363 e. The Morgan fingerprint density at radius 1 is 1.07 bits per heavy atom. The molecule has 1 unspecified atom stereocenters. The average molecular weight is 418 g/mol. The fraction of sp³-hybridized carbons (Fsp3) is 0.0909. The molecule has 0 saturated heterocycles. The topological polar surface area (TPSA) is 118 Å². The number of carbonyl (C=O) groups is 3. The number of ketones is 1. The maximum Gasteiger partial charge on any atom is 0.287 e. The number of hydrogen-bond donors (Lipinski definition) is 3. The standard InChI is InChI=1S/C22H18N4O3S/c23-21(28)20(27)17(10-13-6-2-1-3-7-13)25-22(29)15-11-24-26-19(15)16-12-30-18-9-5-4-8-14(16)18/h1-9,11-12,17H,10H2,(H2,23,28)(H,24,26)(H,25,29). The number of hydrogen-bond acceptors (Lipinski definition) is 5. The summed E-state index contributed by atoms with van der Waals surface area (Å²) < 4.78 is 1.08. The number of aromatic nitrogens is 2. The van der Waals surface area contributed by atoms with Crippen molar-refractivity contribution in [1.82, 2.24) is 15.5 Å². The van der Waals surface area contributed by atoms with E-state index in [1.165, 1.54) is 6.20 Å². The molecule has 4 N–H and O–H groups in total. The van der Waals surface area contributed by atoms with Crippen LogP contribution in [0.4, 0.5) is 0 Å². The Morgan fingerprint density at radius 2 is 1.80 bits per heavy atom. The number of nitrogens with two attached hydrogens (primary N) is 1. The number of primary amides is 1. The molecular formula is C22H18N4O3S. The van der Waals surface area contributed by atoms with Crippen molar-refractivity contribution < 1.29 is 14.4 Å². The quantitative estimate of drug-likeness (QED) is 0.400. The molecule has 0 spiro atoms. The molecule has 30 heavy (non-hydrogen) atoms. The van der Waals surface area contributed by atoms with Crippen molar-refractivity contribution in [3.05, 3.63) is 77.3 Å². The van der Waals surface area contributed by atoms with E-state index < -0.39 is 23.6 Å². The van der Waals surface area contributed by atoms with Gasteiger partial charge in [0.15, 0.2) is 0 Å². The zero-order valence-electron chi connectivity index (χ0n) is 15.8. The molecule has 0 bridgehead atoms. The maximum absolute atomic E-state index is 13.0. The number of H-pyrrole nitrogens is 1. The van der Waals surface area contributed by atoms with Crippen LogP contribution >= 0.6 is 11.3 Å². The minimum absolute atomic E-state index is 0.156. The first-order valence-corrected chi connectivity index (χ1v) is 10.1. The predicted molar refractivity (Wildman–Crippen MR) is 115 cm³/mol. The first kappa shape index (κ1) is 19.5. The van der Waals surface area contributed by atoms with Gasteiger partial charge < -0.3 is 11.1 Å². The second kappa shape index (κ2) is 8.30. The van der Waals surface area contributed by atoms with E-state index in [4.69, 9.17) is 5.73 Å². The van der Waals surface area contributed by atoms with Crippen LogP contribution in [-0.2, 0) is 16.0 Å². The number of thiophene rings is 1. The van der Waals surface area contributed by atoms with E-state index in [1.807, 2.05) is 60.0 Å². The number of fused-ring (bicyclic) bond motifs is 1. The normalized spacial score (nSPS) is 11.9. The van der Waals surface area contributed by atoms with Gasteiger partial charge in [0.05, 0.1) is 17.5 Å². The maximum atomic E-state index is 13.0. The summed E-state index contributed by atoms with van der Waals surface area (Å²) in [6, 6.07) is 15.9. The first-order chi connectivity index (χ1) is 14.5. The molecule has 150 valence electrons. The first-order valence-electron chi connectivity index (χ1n) is 9.23. The van der Waals surface area contributed by atoms with Gasteiger partial charge in [-0.05, 0) is 11.6 Å². The fourth-order valence-corrected chi connectivity index (χ4v) is 4.25. The number of rotatable bonds is 7. The highest BCUT2D eigenvalue weighted by Gasteiger charge is 2.27. The van der Waals surface area contributed by atoms with Crippen molar-refractivity contribution in [1.29, 1.82) is 0 Å². The van der Waals surface area contributed by atoms with Gasteiger partial charge >= 0.3 is 0 Å². The predicted octanol–water partition coefficient (Wildman–Crippen LogP) is 2.69. The Hall–Kier alpha value is -3.78. The van der Waals surface area contributed by atoms with Gasteiger partial charge in [0.1, 0.15) is 6.04 Å². The molecule has 2 amide bonds. The lowest BCUT2D eigenvalue weighted by atomic mass is 10.0. The number of carbonyl (C=O) groups excluding carboxylic acids is 3. The number of aromatic amines is 1. The molecule has 2 aromatic heterocycles. The zero-order chi connectivity index (χ0) is 21.1. The number of Topliss-reactive ketones (excluding diaryl/α,β-unsaturated/α-hetero) is 1. The molecule has 7 nitrogen and oxygen atoms in total. The summed E-state index contributed by atoms with van der Waals surface area (Å²) >= 11 is 1.56. The second-order valence-corrected chi connectivity index (χ2v) is 7.66. The molecule has 0 fully saturated rings. The SMILES string of the molecule is NC(=O)C(=O)C(Cc1ccccc1)NC(=O)c1cn[nH]c1-c1csc2ccccc12. The molecule has 4 aromatic rings. The summed E-state index contributed by atoms with van der Waals surface area (Å²) in [5.74, 6) is -2.45. The van der Waals surface area contributed by atoms with Gasteiger partial charge in [-0.1, -0.05) is 48.5 Å². The molecular weight excluding hydrogens is 400 g/mol. The smallest absolute Gasteiger partial charge is 0.287 e. The second-order valence-electron chi connectivity index (χ2n) is 6.75. The molecule has 0 radical (unpaired) electrons. The summed E-state index contributed by atoms with van der Waals surface area (Å²) in [7, 11) is 0. The third-order valence-electron chi connectivity index (χ3n) is 4.78. The van der Waals surface area contributed by atoms with Gasteiger partial charge in [-0.25, -0.2) is 0 Å². The molecule has 1 atom stereocenters. The molecule has 0 aliphatic carbocycles. The molecule has 8 heteroatoms. The van der Waals surface area contributed by atoms with Crippen molar-refractivity contribution in [2.24, 2.45) is 5.73 Å². The number of benzene rings is 2. The third-order valence-corrected chi connectivity index (χ3v) is 5.75. The van der Waals surface area contributed by atoms with E-state index in [2.05, 4.69) is 15.5 Å². The van der Waals surface area contributed by atoms with Crippen LogP contribution in [0.15, 0.2) is 66.2 Å². The highest BCUT2D eigenvalue weighted by molar-refractivity contribution is 7.17. The molecule has 0 saturated carbocycles. The van der Waals surface area contributed by atoms with E-state index in [0.717, 1.165) is 21.2 Å². The Kier molecular flexibility index (Phi) is 5.40. The van der Waals surface area contributed by atoms with E-state index in [0.29, 0.717) is 5.69 Å². The Morgan fingerprint density at radius 3 is 2.57 bits per heavy atom. The van der Waals surface area contributed by atoms with Crippen LogP contribution in [0.3, 0.4) is 0 Å².